The Morgan fingerprint density at radius 2 is 2.12 bits per heavy atom. The van der Waals surface area contributed by atoms with Crippen molar-refractivity contribution < 1.29 is 4.79 Å². The van der Waals surface area contributed by atoms with Crippen molar-refractivity contribution in [3.8, 4) is 6.07 Å². The second-order valence-electron chi connectivity index (χ2n) is 3.86. The topological polar surface area (TPSA) is 64.9 Å². The van der Waals surface area contributed by atoms with Crippen molar-refractivity contribution in [1.29, 1.82) is 5.26 Å². The number of rotatable bonds is 3. The molecular weight excluding hydrogens is 214 g/mol. The zero-order valence-corrected chi connectivity index (χ0v) is 9.90. The molecule has 88 valence electrons. The van der Waals surface area contributed by atoms with Crippen LogP contribution in [0.15, 0.2) is 36.5 Å². The van der Waals surface area contributed by atoms with Crippen LogP contribution in [0.3, 0.4) is 0 Å². The van der Waals surface area contributed by atoms with Gasteiger partial charge in [0.05, 0.1) is 11.3 Å². The second kappa shape index (κ2) is 6.33. The van der Waals surface area contributed by atoms with E-state index in [1.807, 2.05) is 26.0 Å². The Morgan fingerprint density at radius 3 is 2.76 bits per heavy atom. The van der Waals surface area contributed by atoms with Gasteiger partial charge in [0, 0.05) is 6.20 Å². The number of allylic oxidation sites excluding steroid dienone is 1. The molecule has 0 aliphatic carbocycles. The van der Waals surface area contributed by atoms with Gasteiger partial charge in [-0.25, -0.2) is 4.79 Å². The summed E-state index contributed by atoms with van der Waals surface area (Å²) in [4.78, 5) is 11.5. The van der Waals surface area contributed by atoms with Crippen LogP contribution in [0.25, 0.3) is 0 Å². The molecule has 2 N–H and O–H groups in total. The number of anilines is 1. The maximum atomic E-state index is 11.5. The lowest BCUT2D eigenvalue weighted by atomic mass is 10.2. The first-order chi connectivity index (χ1) is 8.13. The van der Waals surface area contributed by atoms with E-state index in [9.17, 15) is 4.79 Å². The fourth-order valence-corrected chi connectivity index (χ4v) is 1.16. The highest BCUT2D eigenvalue weighted by Gasteiger charge is 2.03. The number of carbonyl (C=O) groups excluding carboxylic acids is 1. The van der Waals surface area contributed by atoms with E-state index in [1.165, 1.54) is 0 Å². The molecule has 2 amide bonds. The predicted molar refractivity (Wildman–Crippen MR) is 67.3 cm³/mol. The van der Waals surface area contributed by atoms with Crippen LogP contribution < -0.4 is 10.6 Å². The molecule has 4 heteroatoms. The van der Waals surface area contributed by atoms with Gasteiger partial charge in [0.25, 0.3) is 0 Å². The van der Waals surface area contributed by atoms with Crippen LogP contribution in [-0.2, 0) is 0 Å². The molecule has 0 unspecified atom stereocenters. The van der Waals surface area contributed by atoms with E-state index in [0.717, 1.165) is 0 Å². The number of hydrogen-bond acceptors (Lipinski definition) is 2. The van der Waals surface area contributed by atoms with E-state index in [1.54, 1.807) is 30.5 Å². The van der Waals surface area contributed by atoms with Crippen LogP contribution in [0.4, 0.5) is 10.5 Å². The maximum absolute atomic E-state index is 11.5. The molecule has 1 rings (SSSR count). The quantitative estimate of drug-likeness (QED) is 0.837. The summed E-state index contributed by atoms with van der Waals surface area (Å²) in [7, 11) is 0. The minimum absolute atomic E-state index is 0.357. The Hall–Kier alpha value is -2.28. The first-order valence-electron chi connectivity index (χ1n) is 5.37. The molecule has 1 aromatic carbocycles. The van der Waals surface area contributed by atoms with Crippen LogP contribution in [0.2, 0.25) is 0 Å². The molecule has 0 spiro atoms. The zero-order chi connectivity index (χ0) is 12.7. The van der Waals surface area contributed by atoms with E-state index in [-0.39, 0.29) is 6.03 Å². The number of hydrogen-bond donors (Lipinski definition) is 2. The Labute approximate surface area is 101 Å². The average Bonchev–Trinajstić information content (AvgIpc) is 2.29. The highest BCUT2D eigenvalue weighted by molar-refractivity contribution is 5.91. The largest absolute Gasteiger partial charge is 0.323 e. The third kappa shape index (κ3) is 4.39. The first kappa shape index (κ1) is 12.8. The van der Waals surface area contributed by atoms with Gasteiger partial charge in [-0.2, -0.15) is 5.26 Å². The third-order valence-corrected chi connectivity index (χ3v) is 1.99. The fraction of sp³-hybridized carbons (Fsp3) is 0.231. The molecule has 0 fully saturated rings. The average molecular weight is 229 g/mol. The minimum atomic E-state index is -0.357. The first-order valence-corrected chi connectivity index (χ1v) is 5.37. The van der Waals surface area contributed by atoms with Gasteiger partial charge >= 0.3 is 6.03 Å². The van der Waals surface area contributed by atoms with E-state index in [2.05, 4.69) is 10.6 Å². The fourth-order valence-electron chi connectivity index (χ4n) is 1.16. The molecule has 0 saturated carbocycles. The molecule has 0 saturated heterocycles. The van der Waals surface area contributed by atoms with Crippen molar-refractivity contribution in [2.24, 2.45) is 5.92 Å². The molecule has 0 heterocycles. The third-order valence-electron chi connectivity index (χ3n) is 1.99. The summed E-state index contributed by atoms with van der Waals surface area (Å²) in [6, 6.07) is 8.51. The molecule has 17 heavy (non-hydrogen) atoms. The lowest BCUT2D eigenvalue weighted by Gasteiger charge is -2.06. The number of para-hydroxylation sites is 1. The molecular formula is C13H15N3O. The zero-order valence-electron chi connectivity index (χ0n) is 9.90. The number of amides is 2. The van der Waals surface area contributed by atoms with Crippen molar-refractivity contribution in [3.05, 3.63) is 42.1 Å². The van der Waals surface area contributed by atoms with E-state index in [0.29, 0.717) is 17.2 Å². The summed E-state index contributed by atoms with van der Waals surface area (Å²) in [5.41, 5.74) is 0.945. The van der Waals surface area contributed by atoms with Crippen LogP contribution in [0.5, 0.6) is 0 Å². The smallest absolute Gasteiger partial charge is 0.315 e. The monoisotopic (exact) mass is 229 g/mol. The van der Waals surface area contributed by atoms with Crippen molar-refractivity contribution in [1.82, 2.24) is 5.32 Å². The van der Waals surface area contributed by atoms with Crippen LogP contribution in [0.1, 0.15) is 19.4 Å². The van der Waals surface area contributed by atoms with E-state index in [4.69, 9.17) is 5.26 Å². The van der Waals surface area contributed by atoms with Crippen LogP contribution in [0, 0.1) is 17.2 Å². The van der Waals surface area contributed by atoms with Gasteiger partial charge < -0.3 is 10.6 Å². The summed E-state index contributed by atoms with van der Waals surface area (Å²) in [5, 5.41) is 14.0. The lowest BCUT2D eigenvalue weighted by molar-refractivity contribution is 0.255. The number of nitriles is 1. The van der Waals surface area contributed by atoms with E-state index >= 15 is 0 Å². The molecule has 4 nitrogen and oxygen atoms in total. The Kier molecular flexibility index (Phi) is 4.77. The number of nitrogens with zero attached hydrogens (tertiary/aromatic N) is 1. The van der Waals surface area contributed by atoms with Gasteiger partial charge in [-0.05, 0) is 18.1 Å². The highest BCUT2D eigenvalue weighted by atomic mass is 16.2. The van der Waals surface area contributed by atoms with E-state index < -0.39 is 0 Å². The van der Waals surface area contributed by atoms with Gasteiger partial charge in [-0.3, -0.25) is 0 Å². The summed E-state index contributed by atoms with van der Waals surface area (Å²) in [6.07, 6.45) is 3.46. The predicted octanol–water partition coefficient (Wildman–Crippen LogP) is 2.85. The number of nitrogens with one attached hydrogen (secondary N) is 2. The Balaban J connectivity index is 2.60. The molecule has 0 atom stereocenters. The van der Waals surface area contributed by atoms with Gasteiger partial charge in [-0.1, -0.05) is 32.1 Å². The summed E-state index contributed by atoms with van der Waals surface area (Å²) in [5.74, 6) is 0.377. The van der Waals surface area contributed by atoms with Crippen molar-refractivity contribution in [2.75, 3.05) is 5.32 Å². The second-order valence-corrected chi connectivity index (χ2v) is 3.86. The van der Waals surface area contributed by atoms with Crippen molar-refractivity contribution >= 4 is 11.7 Å². The molecule has 0 aromatic heterocycles. The van der Waals surface area contributed by atoms with Crippen LogP contribution in [-0.4, -0.2) is 6.03 Å². The Bertz CT molecular complexity index is 458. The van der Waals surface area contributed by atoms with Crippen molar-refractivity contribution in [2.45, 2.75) is 13.8 Å². The number of benzene rings is 1. The maximum Gasteiger partial charge on any atom is 0.323 e. The van der Waals surface area contributed by atoms with Gasteiger partial charge in [-0.15, -0.1) is 0 Å². The Morgan fingerprint density at radius 1 is 1.41 bits per heavy atom. The summed E-state index contributed by atoms with van der Waals surface area (Å²) in [6.45, 7) is 4.03. The normalized spacial score (nSPS) is 10.2. The molecule has 0 aliphatic heterocycles. The summed E-state index contributed by atoms with van der Waals surface area (Å²) < 4.78 is 0. The molecule has 1 aromatic rings. The van der Waals surface area contributed by atoms with Crippen molar-refractivity contribution in [3.63, 3.8) is 0 Å². The molecule has 0 aliphatic rings. The molecule has 0 radical (unpaired) electrons. The van der Waals surface area contributed by atoms with Gasteiger partial charge in [0.1, 0.15) is 6.07 Å². The van der Waals surface area contributed by atoms with Crippen LogP contribution >= 0.6 is 0 Å². The minimum Gasteiger partial charge on any atom is -0.315 e. The van der Waals surface area contributed by atoms with Gasteiger partial charge in [0.15, 0.2) is 0 Å². The number of urea groups is 1. The standard InChI is InChI=1S/C13H15N3O/c1-10(2)7-8-15-13(17)16-12-6-4-3-5-11(12)9-14/h3-8,10H,1-2H3,(H2,15,16,17)/b8-7+. The van der Waals surface area contributed by atoms with Gasteiger partial charge in [0.2, 0.25) is 0 Å². The SMILES string of the molecule is CC(C)/C=C/NC(=O)Nc1ccccc1C#N. The number of carbonyl (C=O) groups is 1. The summed E-state index contributed by atoms with van der Waals surface area (Å²) >= 11 is 0. The lowest BCUT2D eigenvalue weighted by Crippen LogP contribution is -2.24. The highest BCUT2D eigenvalue weighted by Crippen LogP contribution is 2.12. The molecule has 0 bridgehead atoms.